The molecule has 2 fully saturated rings. The van der Waals surface area contributed by atoms with Gasteiger partial charge in [-0.3, -0.25) is 9.30 Å². The molecule has 0 unspecified atom stereocenters. The normalized spacial score (nSPS) is 16.9. The summed E-state index contributed by atoms with van der Waals surface area (Å²) in [4.78, 5) is 25.2. The highest BCUT2D eigenvalue weighted by Crippen LogP contribution is 2.26. The fourth-order valence-electron chi connectivity index (χ4n) is 4.11. The number of carbonyl (C=O) groups excluding carboxylic acids is 1. The van der Waals surface area contributed by atoms with Gasteiger partial charge < -0.3 is 19.7 Å². The van der Waals surface area contributed by atoms with Crippen LogP contribution in [0.4, 0.5) is 14.9 Å². The van der Waals surface area contributed by atoms with Crippen LogP contribution in [0.5, 0.6) is 5.75 Å². The maximum atomic E-state index is 14.6. The number of nitrogens with zero attached hydrogens (tertiary/aromatic N) is 5. The molecule has 2 aliphatic rings. The van der Waals surface area contributed by atoms with Crippen LogP contribution in [0.1, 0.15) is 12.8 Å². The first-order valence-electron chi connectivity index (χ1n) is 11.3. The van der Waals surface area contributed by atoms with Crippen molar-refractivity contribution >= 4 is 17.5 Å². The van der Waals surface area contributed by atoms with E-state index >= 15 is 0 Å². The minimum absolute atomic E-state index is 0.166. The number of hydrogen-bond donors (Lipinski definition) is 1. The lowest BCUT2D eigenvalue weighted by atomic mass is 10.1. The second-order valence-electron chi connectivity index (χ2n) is 8.24. The molecule has 0 radical (unpaired) electrons. The Morgan fingerprint density at radius 3 is 2.79 bits per heavy atom. The minimum Gasteiger partial charge on any atom is -0.489 e. The quantitative estimate of drug-likeness (QED) is 0.617. The van der Waals surface area contributed by atoms with Crippen molar-refractivity contribution in [1.29, 1.82) is 0 Å². The lowest BCUT2D eigenvalue weighted by Gasteiger charge is -2.26. The second kappa shape index (κ2) is 9.72. The Morgan fingerprint density at radius 1 is 1.15 bits per heavy atom. The largest absolute Gasteiger partial charge is 0.489 e. The van der Waals surface area contributed by atoms with Crippen LogP contribution in [0.25, 0.3) is 17.0 Å². The van der Waals surface area contributed by atoms with E-state index in [2.05, 4.69) is 20.2 Å². The van der Waals surface area contributed by atoms with E-state index in [1.165, 1.54) is 6.07 Å². The molecule has 174 valence electrons. The van der Waals surface area contributed by atoms with Crippen LogP contribution < -0.4 is 10.1 Å². The number of amides is 2. The zero-order valence-corrected chi connectivity index (χ0v) is 18.4. The number of ether oxygens (including phenoxy) is 2. The zero-order valence-electron chi connectivity index (χ0n) is 18.4. The number of carbonyl (C=O) groups is 1. The molecule has 1 N–H and O–H groups in total. The number of urea groups is 1. The van der Waals surface area contributed by atoms with E-state index < -0.39 is 5.82 Å². The SMILES string of the molecule is O=C(Nc1ccc(F)c(-c2cn3cc(OCCN4CCOCC4)cnc3n2)c1)N1CCCC1. The molecule has 33 heavy (non-hydrogen) atoms. The van der Waals surface area contributed by atoms with E-state index in [9.17, 15) is 9.18 Å². The van der Waals surface area contributed by atoms with E-state index in [0.29, 0.717) is 35.1 Å². The summed E-state index contributed by atoms with van der Waals surface area (Å²) >= 11 is 0. The van der Waals surface area contributed by atoms with Gasteiger partial charge in [-0.2, -0.15) is 0 Å². The molecule has 5 rings (SSSR count). The third-order valence-corrected chi connectivity index (χ3v) is 5.95. The maximum absolute atomic E-state index is 14.6. The van der Waals surface area contributed by atoms with Crippen molar-refractivity contribution in [3.05, 3.63) is 42.6 Å². The van der Waals surface area contributed by atoms with Crippen molar-refractivity contribution in [2.75, 3.05) is 57.9 Å². The van der Waals surface area contributed by atoms with Crippen molar-refractivity contribution in [3.8, 4) is 17.0 Å². The van der Waals surface area contributed by atoms with E-state index in [-0.39, 0.29) is 6.03 Å². The van der Waals surface area contributed by atoms with Crippen LogP contribution in [-0.2, 0) is 4.74 Å². The fraction of sp³-hybridized carbons (Fsp3) is 0.435. The summed E-state index contributed by atoms with van der Waals surface area (Å²) < 4.78 is 27.5. The van der Waals surface area contributed by atoms with Gasteiger partial charge in [-0.05, 0) is 31.0 Å². The molecule has 2 saturated heterocycles. The summed E-state index contributed by atoms with van der Waals surface area (Å²) in [5, 5.41) is 2.85. The van der Waals surface area contributed by atoms with E-state index in [1.807, 2.05) is 0 Å². The summed E-state index contributed by atoms with van der Waals surface area (Å²) in [6.07, 6.45) is 7.13. The molecule has 9 nitrogen and oxygen atoms in total. The van der Waals surface area contributed by atoms with Crippen molar-refractivity contribution in [3.63, 3.8) is 0 Å². The van der Waals surface area contributed by atoms with Gasteiger partial charge in [0.25, 0.3) is 0 Å². The molecule has 0 bridgehead atoms. The molecular formula is C23H27FN6O3. The predicted octanol–water partition coefficient (Wildman–Crippen LogP) is 2.87. The van der Waals surface area contributed by atoms with Crippen molar-refractivity contribution in [1.82, 2.24) is 24.2 Å². The van der Waals surface area contributed by atoms with E-state index in [0.717, 1.165) is 58.8 Å². The summed E-state index contributed by atoms with van der Waals surface area (Å²) in [5.74, 6) is 0.641. The van der Waals surface area contributed by atoms with Crippen LogP contribution in [0.3, 0.4) is 0 Å². The lowest BCUT2D eigenvalue weighted by Crippen LogP contribution is -2.38. The first kappa shape index (κ1) is 21.6. The molecule has 0 spiro atoms. The van der Waals surface area contributed by atoms with Crippen LogP contribution in [-0.4, -0.2) is 82.7 Å². The third kappa shape index (κ3) is 5.07. The molecule has 1 aromatic carbocycles. The summed E-state index contributed by atoms with van der Waals surface area (Å²) in [6.45, 7) is 6.18. The molecule has 3 aromatic rings. The highest BCUT2D eigenvalue weighted by Gasteiger charge is 2.19. The predicted molar refractivity (Wildman–Crippen MR) is 121 cm³/mol. The number of fused-ring (bicyclic) bond motifs is 1. The Labute approximate surface area is 191 Å². The lowest BCUT2D eigenvalue weighted by molar-refractivity contribution is 0.0322. The fourth-order valence-corrected chi connectivity index (χ4v) is 4.11. The third-order valence-electron chi connectivity index (χ3n) is 5.95. The van der Waals surface area contributed by atoms with Gasteiger partial charge in [-0.1, -0.05) is 0 Å². The zero-order chi connectivity index (χ0) is 22.6. The highest BCUT2D eigenvalue weighted by atomic mass is 19.1. The first-order chi connectivity index (χ1) is 16.2. The Balaban J connectivity index is 1.28. The van der Waals surface area contributed by atoms with Gasteiger partial charge >= 0.3 is 6.03 Å². The molecule has 2 aliphatic heterocycles. The van der Waals surface area contributed by atoms with Gasteiger partial charge in [0.1, 0.15) is 12.4 Å². The molecular weight excluding hydrogens is 427 g/mol. The Kier molecular flexibility index (Phi) is 6.36. The van der Waals surface area contributed by atoms with E-state index in [1.54, 1.807) is 40.0 Å². The molecule has 0 aliphatic carbocycles. The van der Waals surface area contributed by atoms with Gasteiger partial charge in [0, 0.05) is 50.2 Å². The number of rotatable bonds is 6. The number of benzene rings is 1. The summed E-state index contributed by atoms with van der Waals surface area (Å²) in [5.41, 5.74) is 1.26. The number of likely N-dealkylation sites (tertiary alicyclic amines) is 1. The van der Waals surface area contributed by atoms with Crippen LogP contribution in [0, 0.1) is 5.82 Å². The number of hydrogen-bond acceptors (Lipinski definition) is 6. The van der Waals surface area contributed by atoms with Crippen LogP contribution >= 0.6 is 0 Å². The smallest absolute Gasteiger partial charge is 0.321 e. The average molecular weight is 455 g/mol. The topological polar surface area (TPSA) is 84.2 Å². The Bertz CT molecular complexity index is 1120. The number of nitrogens with one attached hydrogen (secondary N) is 1. The molecule has 2 amide bonds. The summed E-state index contributed by atoms with van der Waals surface area (Å²) in [7, 11) is 0. The second-order valence-corrected chi connectivity index (χ2v) is 8.24. The van der Waals surface area contributed by atoms with Crippen LogP contribution in [0.15, 0.2) is 36.8 Å². The van der Waals surface area contributed by atoms with Gasteiger partial charge in [0.15, 0.2) is 5.75 Å². The van der Waals surface area contributed by atoms with Gasteiger partial charge in [-0.25, -0.2) is 19.2 Å². The molecule has 0 atom stereocenters. The van der Waals surface area contributed by atoms with E-state index in [4.69, 9.17) is 9.47 Å². The van der Waals surface area contributed by atoms with Crippen molar-refractivity contribution in [2.24, 2.45) is 0 Å². The van der Waals surface area contributed by atoms with Crippen LogP contribution in [0.2, 0.25) is 0 Å². The Morgan fingerprint density at radius 2 is 1.97 bits per heavy atom. The highest BCUT2D eigenvalue weighted by molar-refractivity contribution is 5.90. The molecule has 10 heteroatoms. The van der Waals surface area contributed by atoms with Gasteiger partial charge in [0.05, 0.1) is 31.3 Å². The number of imidazole rings is 1. The molecule has 4 heterocycles. The monoisotopic (exact) mass is 454 g/mol. The molecule has 0 saturated carbocycles. The number of anilines is 1. The summed E-state index contributed by atoms with van der Waals surface area (Å²) in [6, 6.07) is 4.33. The Hall–Kier alpha value is -3.24. The first-order valence-corrected chi connectivity index (χ1v) is 11.3. The average Bonchev–Trinajstić information content (AvgIpc) is 3.51. The number of halogens is 1. The standard InChI is InChI=1S/C23H27FN6O3/c24-20-4-3-17(26-23(31)29-5-1-2-6-29)13-19(20)21-16-30-15-18(14-25-22(30)27-21)33-12-9-28-7-10-32-11-8-28/h3-4,13-16H,1-2,5-12H2,(H,26,31). The molecule has 2 aromatic heterocycles. The van der Waals surface area contributed by atoms with Gasteiger partial charge in [0.2, 0.25) is 5.78 Å². The number of aromatic nitrogens is 3. The maximum Gasteiger partial charge on any atom is 0.321 e. The van der Waals surface area contributed by atoms with Crippen molar-refractivity contribution in [2.45, 2.75) is 12.8 Å². The van der Waals surface area contributed by atoms with Crippen molar-refractivity contribution < 1.29 is 18.7 Å². The number of morpholine rings is 1. The minimum atomic E-state index is -0.417. The van der Waals surface area contributed by atoms with Gasteiger partial charge in [-0.15, -0.1) is 0 Å².